The Kier molecular flexibility index (Phi) is 7.16. The molecule has 0 saturated heterocycles. The van der Waals surface area contributed by atoms with Gasteiger partial charge in [-0.15, -0.1) is 0 Å². The molecule has 0 aromatic rings. The molecule has 0 aliphatic carbocycles. The lowest BCUT2D eigenvalue weighted by Gasteiger charge is -2.17. The maximum Gasteiger partial charge on any atom is 0.347 e. The summed E-state index contributed by atoms with van der Waals surface area (Å²) in [7, 11) is 0. The van der Waals surface area contributed by atoms with Crippen LogP contribution in [0.4, 0.5) is 0 Å². The van der Waals surface area contributed by atoms with Crippen LogP contribution in [0.3, 0.4) is 0 Å². The molecule has 0 fully saturated rings. The van der Waals surface area contributed by atoms with Crippen LogP contribution in [-0.4, -0.2) is 41.6 Å². The number of ether oxygens (including phenoxy) is 2. The van der Waals surface area contributed by atoms with E-state index in [1.807, 2.05) is 0 Å². The summed E-state index contributed by atoms with van der Waals surface area (Å²) in [5.74, 6) is -1.89. The Morgan fingerprint density at radius 2 is 1.88 bits per heavy atom. The predicted molar refractivity (Wildman–Crippen MR) is 61.6 cm³/mol. The van der Waals surface area contributed by atoms with Crippen molar-refractivity contribution in [3.05, 3.63) is 0 Å². The molecule has 0 aromatic carbocycles. The van der Waals surface area contributed by atoms with Gasteiger partial charge < -0.3 is 14.6 Å². The van der Waals surface area contributed by atoms with Crippen LogP contribution in [0.25, 0.3) is 0 Å². The maximum atomic E-state index is 11.3. The highest BCUT2D eigenvalue weighted by atomic mass is 32.1. The molecule has 0 amide bonds. The molecule has 0 bridgehead atoms. The molecule has 0 aromatic heterocycles. The number of thiol groups is 1. The van der Waals surface area contributed by atoms with Crippen molar-refractivity contribution >= 4 is 24.6 Å². The third-order valence-electron chi connectivity index (χ3n) is 1.79. The largest absolute Gasteiger partial charge is 0.478 e. The average molecular weight is 250 g/mol. The van der Waals surface area contributed by atoms with Gasteiger partial charge in [-0.05, 0) is 13.8 Å². The number of carboxylic acid groups (broad SMARTS) is 1. The summed E-state index contributed by atoms with van der Waals surface area (Å²) in [4.78, 5) is 22.1. The summed E-state index contributed by atoms with van der Waals surface area (Å²) in [6.45, 7) is 5.03. The number of hydrogen-bond donors (Lipinski definition) is 2. The Morgan fingerprint density at radius 1 is 1.31 bits per heavy atom. The van der Waals surface area contributed by atoms with Crippen molar-refractivity contribution in [1.82, 2.24) is 0 Å². The number of carbonyl (C=O) groups excluding carboxylic acids is 1. The van der Waals surface area contributed by atoms with Crippen LogP contribution >= 0.6 is 12.6 Å². The monoisotopic (exact) mass is 250 g/mol. The summed E-state index contributed by atoms with van der Waals surface area (Å²) in [5.41, 5.74) is 0. The van der Waals surface area contributed by atoms with Crippen LogP contribution in [0.5, 0.6) is 0 Å². The van der Waals surface area contributed by atoms with E-state index in [-0.39, 0.29) is 12.7 Å². The molecule has 0 spiro atoms. The third-order valence-corrected chi connectivity index (χ3v) is 2.34. The molecule has 16 heavy (non-hydrogen) atoms. The smallest absolute Gasteiger partial charge is 0.347 e. The molecule has 0 aliphatic rings. The van der Waals surface area contributed by atoms with Crippen molar-refractivity contribution in [3.63, 3.8) is 0 Å². The standard InChI is InChI=1S/C10H18O5S/c1-6(2)14-4-8(9(11)12)15-10(13)7(3)5-16/h6-8,16H,4-5H2,1-3H3,(H,11,12)/t7-,8+/m1/s1. The van der Waals surface area contributed by atoms with E-state index in [9.17, 15) is 9.59 Å². The third kappa shape index (κ3) is 5.97. The van der Waals surface area contributed by atoms with Gasteiger partial charge in [-0.25, -0.2) is 4.79 Å². The maximum absolute atomic E-state index is 11.3. The van der Waals surface area contributed by atoms with E-state index in [2.05, 4.69) is 12.6 Å². The topological polar surface area (TPSA) is 72.8 Å². The van der Waals surface area contributed by atoms with Crippen LogP contribution in [0.1, 0.15) is 20.8 Å². The second-order valence-corrected chi connectivity index (χ2v) is 4.09. The molecule has 0 saturated carbocycles. The predicted octanol–water partition coefficient (Wildman–Crippen LogP) is 0.974. The SMILES string of the molecule is CC(C)OC[C@H](OC(=O)[C@H](C)CS)C(=O)O. The summed E-state index contributed by atoms with van der Waals surface area (Å²) in [5, 5.41) is 8.81. The molecule has 5 nitrogen and oxygen atoms in total. The first-order valence-electron chi connectivity index (χ1n) is 5.04. The highest BCUT2D eigenvalue weighted by Gasteiger charge is 2.25. The quantitative estimate of drug-likeness (QED) is 0.520. The van der Waals surface area contributed by atoms with E-state index in [0.717, 1.165) is 0 Å². The van der Waals surface area contributed by atoms with E-state index in [1.54, 1.807) is 20.8 Å². The van der Waals surface area contributed by atoms with Gasteiger partial charge in [0, 0.05) is 5.75 Å². The molecular weight excluding hydrogens is 232 g/mol. The summed E-state index contributed by atoms with van der Waals surface area (Å²) in [6, 6.07) is 0. The fourth-order valence-corrected chi connectivity index (χ4v) is 0.916. The first-order valence-corrected chi connectivity index (χ1v) is 5.67. The summed E-state index contributed by atoms with van der Waals surface area (Å²) >= 11 is 3.93. The zero-order chi connectivity index (χ0) is 12.7. The number of rotatable bonds is 7. The van der Waals surface area contributed by atoms with Crippen molar-refractivity contribution in [2.24, 2.45) is 5.92 Å². The zero-order valence-corrected chi connectivity index (χ0v) is 10.6. The van der Waals surface area contributed by atoms with Gasteiger partial charge in [-0.1, -0.05) is 6.92 Å². The van der Waals surface area contributed by atoms with E-state index >= 15 is 0 Å². The Morgan fingerprint density at radius 3 is 2.25 bits per heavy atom. The molecule has 94 valence electrons. The van der Waals surface area contributed by atoms with E-state index in [0.29, 0.717) is 5.75 Å². The molecule has 6 heteroatoms. The normalized spacial score (nSPS) is 14.6. The average Bonchev–Trinajstić information content (AvgIpc) is 2.21. The number of carboxylic acids is 1. The van der Waals surface area contributed by atoms with Gasteiger partial charge in [-0.3, -0.25) is 4.79 Å². The molecule has 0 unspecified atom stereocenters. The zero-order valence-electron chi connectivity index (χ0n) is 9.67. The van der Waals surface area contributed by atoms with Crippen LogP contribution in [-0.2, 0) is 19.1 Å². The lowest BCUT2D eigenvalue weighted by molar-refractivity contribution is -0.171. The first-order chi connectivity index (χ1) is 7.38. The van der Waals surface area contributed by atoms with E-state index in [4.69, 9.17) is 14.6 Å². The Balaban J connectivity index is 4.23. The van der Waals surface area contributed by atoms with Crippen molar-refractivity contribution in [2.75, 3.05) is 12.4 Å². The van der Waals surface area contributed by atoms with Gasteiger partial charge in [-0.2, -0.15) is 12.6 Å². The molecule has 0 heterocycles. The van der Waals surface area contributed by atoms with Crippen molar-refractivity contribution < 1.29 is 24.2 Å². The highest BCUT2D eigenvalue weighted by molar-refractivity contribution is 7.80. The minimum Gasteiger partial charge on any atom is -0.478 e. The molecule has 1 N–H and O–H groups in total. The van der Waals surface area contributed by atoms with Crippen LogP contribution in [0.2, 0.25) is 0 Å². The fourth-order valence-electron chi connectivity index (χ4n) is 0.766. The number of esters is 1. The minimum atomic E-state index is -1.25. The van der Waals surface area contributed by atoms with Crippen molar-refractivity contribution in [2.45, 2.75) is 33.0 Å². The van der Waals surface area contributed by atoms with Gasteiger partial charge in [0.2, 0.25) is 6.10 Å². The van der Waals surface area contributed by atoms with Crippen molar-refractivity contribution in [3.8, 4) is 0 Å². The molecule has 2 atom stereocenters. The first kappa shape index (κ1) is 15.2. The molecule has 0 radical (unpaired) electrons. The number of hydrogen-bond acceptors (Lipinski definition) is 5. The van der Waals surface area contributed by atoms with Gasteiger partial charge in [0.25, 0.3) is 0 Å². The lowest BCUT2D eigenvalue weighted by Crippen LogP contribution is -2.34. The Labute approximate surface area is 101 Å². The molecule has 0 rings (SSSR count). The minimum absolute atomic E-state index is 0.108. The molecular formula is C10H18O5S. The van der Waals surface area contributed by atoms with Crippen LogP contribution in [0, 0.1) is 5.92 Å². The summed E-state index contributed by atoms with van der Waals surface area (Å²) < 4.78 is 9.91. The van der Waals surface area contributed by atoms with E-state index < -0.39 is 24.0 Å². The second-order valence-electron chi connectivity index (χ2n) is 3.73. The number of aliphatic carboxylic acids is 1. The summed E-state index contributed by atoms with van der Waals surface area (Å²) in [6.07, 6.45) is -1.36. The fraction of sp³-hybridized carbons (Fsp3) is 0.800. The van der Waals surface area contributed by atoms with E-state index in [1.165, 1.54) is 0 Å². The van der Waals surface area contributed by atoms with Crippen LogP contribution < -0.4 is 0 Å². The van der Waals surface area contributed by atoms with Gasteiger partial charge >= 0.3 is 11.9 Å². The lowest BCUT2D eigenvalue weighted by atomic mass is 10.2. The van der Waals surface area contributed by atoms with Gasteiger partial charge in [0.05, 0.1) is 18.6 Å². The van der Waals surface area contributed by atoms with Crippen molar-refractivity contribution in [1.29, 1.82) is 0 Å². The van der Waals surface area contributed by atoms with Gasteiger partial charge in [0.1, 0.15) is 0 Å². The second kappa shape index (κ2) is 7.51. The number of carbonyl (C=O) groups is 2. The van der Waals surface area contributed by atoms with Crippen LogP contribution in [0.15, 0.2) is 0 Å². The molecule has 0 aliphatic heterocycles. The highest BCUT2D eigenvalue weighted by Crippen LogP contribution is 2.05. The van der Waals surface area contributed by atoms with Gasteiger partial charge in [0.15, 0.2) is 0 Å². The Bertz CT molecular complexity index is 241. The Hall–Kier alpha value is -0.750.